The number of nitrogens with two attached hydrogens (primary N) is 1. The van der Waals surface area contributed by atoms with Gasteiger partial charge in [0.1, 0.15) is 0 Å². The van der Waals surface area contributed by atoms with E-state index in [1.54, 1.807) is 20.3 Å². The third-order valence-electron chi connectivity index (χ3n) is 4.64. The van der Waals surface area contributed by atoms with Gasteiger partial charge in [0.05, 0.1) is 14.2 Å². The Morgan fingerprint density at radius 1 is 1.25 bits per heavy atom. The van der Waals surface area contributed by atoms with Crippen LogP contribution in [0.1, 0.15) is 44.7 Å². The van der Waals surface area contributed by atoms with Gasteiger partial charge in [0.25, 0.3) is 0 Å². The van der Waals surface area contributed by atoms with Crippen molar-refractivity contribution in [3.63, 3.8) is 0 Å². The molecule has 2 N–H and O–H groups in total. The van der Waals surface area contributed by atoms with Crippen LogP contribution in [-0.2, 0) is 0 Å². The second kappa shape index (κ2) is 5.82. The predicted octanol–water partition coefficient (Wildman–Crippen LogP) is 4.18. The zero-order valence-corrected chi connectivity index (χ0v) is 13.5. The van der Waals surface area contributed by atoms with E-state index in [4.69, 9.17) is 26.8 Å². The third-order valence-corrected chi connectivity index (χ3v) is 4.96. The van der Waals surface area contributed by atoms with Crippen molar-refractivity contribution in [1.29, 1.82) is 0 Å². The van der Waals surface area contributed by atoms with Gasteiger partial charge in [0.2, 0.25) is 0 Å². The molecule has 4 heteroatoms. The number of benzene rings is 1. The van der Waals surface area contributed by atoms with Crippen LogP contribution in [0.25, 0.3) is 0 Å². The minimum absolute atomic E-state index is 0.0696. The zero-order chi connectivity index (χ0) is 14.9. The number of ether oxygens (including phenoxy) is 2. The van der Waals surface area contributed by atoms with Crippen LogP contribution in [0.2, 0.25) is 5.02 Å². The molecule has 1 fully saturated rings. The summed E-state index contributed by atoms with van der Waals surface area (Å²) < 4.78 is 10.6. The van der Waals surface area contributed by atoms with Crippen molar-refractivity contribution in [2.75, 3.05) is 14.2 Å². The lowest BCUT2D eigenvalue weighted by molar-refractivity contribution is 0.222. The Hall–Kier alpha value is -0.930. The first kappa shape index (κ1) is 15.5. The van der Waals surface area contributed by atoms with Gasteiger partial charge >= 0.3 is 0 Å². The number of halogens is 1. The fourth-order valence-electron chi connectivity index (χ4n) is 3.36. The Morgan fingerprint density at radius 3 is 2.35 bits per heavy atom. The highest BCUT2D eigenvalue weighted by molar-refractivity contribution is 6.31. The van der Waals surface area contributed by atoms with Crippen LogP contribution in [0, 0.1) is 11.3 Å². The van der Waals surface area contributed by atoms with Crippen LogP contribution in [0.5, 0.6) is 11.5 Å². The summed E-state index contributed by atoms with van der Waals surface area (Å²) in [4.78, 5) is 0. The molecule has 2 atom stereocenters. The fraction of sp³-hybridized carbons (Fsp3) is 0.625. The van der Waals surface area contributed by atoms with Crippen molar-refractivity contribution < 1.29 is 9.47 Å². The molecule has 0 amide bonds. The van der Waals surface area contributed by atoms with E-state index in [1.807, 2.05) is 6.07 Å². The minimum Gasteiger partial charge on any atom is -0.493 e. The maximum Gasteiger partial charge on any atom is 0.162 e. The molecule has 2 unspecified atom stereocenters. The van der Waals surface area contributed by atoms with Gasteiger partial charge in [0, 0.05) is 17.1 Å². The monoisotopic (exact) mass is 297 g/mol. The maximum absolute atomic E-state index is 6.51. The molecule has 1 saturated carbocycles. The molecule has 0 radical (unpaired) electrons. The molecule has 1 aromatic carbocycles. The molecule has 0 heterocycles. The number of hydrogen-bond donors (Lipinski definition) is 1. The van der Waals surface area contributed by atoms with Gasteiger partial charge in [-0.15, -0.1) is 0 Å². The molecule has 3 nitrogen and oxygen atoms in total. The topological polar surface area (TPSA) is 44.5 Å². The fourth-order valence-corrected chi connectivity index (χ4v) is 3.64. The van der Waals surface area contributed by atoms with Gasteiger partial charge in [0.15, 0.2) is 11.5 Å². The summed E-state index contributed by atoms with van der Waals surface area (Å²) in [6.45, 7) is 4.58. The van der Waals surface area contributed by atoms with Crippen molar-refractivity contribution >= 4 is 11.6 Å². The average Bonchev–Trinajstić information content (AvgIpc) is 2.77. The molecule has 0 saturated heterocycles. The van der Waals surface area contributed by atoms with Crippen LogP contribution in [0.15, 0.2) is 12.1 Å². The van der Waals surface area contributed by atoms with Crippen LogP contribution in [0.4, 0.5) is 0 Å². The van der Waals surface area contributed by atoms with E-state index in [1.165, 1.54) is 12.8 Å². The molecule has 1 aromatic rings. The molecular formula is C16H24ClNO2. The van der Waals surface area contributed by atoms with Gasteiger partial charge in [-0.25, -0.2) is 0 Å². The van der Waals surface area contributed by atoms with Crippen LogP contribution in [-0.4, -0.2) is 14.2 Å². The van der Waals surface area contributed by atoms with Crippen LogP contribution < -0.4 is 15.2 Å². The first-order valence-electron chi connectivity index (χ1n) is 7.07. The number of methoxy groups -OCH3 is 2. The van der Waals surface area contributed by atoms with Crippen molar-refractivity contribution in [2.24, 2.45) is 17.1 Å². The van der Waals surface area contributed by atoms with E-state index in [0.29, 0.717) is 22.4 Å². The molecule has 0 bridgehead atoms. The molecule has 2 rings (SSSR count). The van der Waals surface area contributed by atoms with E-state index < -0.39 is 0 Å². The van der Waals surface area contributed by atoms with Gasteiger partial charge in [-0.1, -0.05) is 31.9 Å². The Kier molecular flexibility index (Phi) is 4.50. The van der Waals surface area contributed by atoms with Gasteiger partial charge < -0.3 is 15.2 Å². The average molecular weight is 298 g/mol. The van der Waals surface area contributed by atoms with Crippen molar-refractivity contribution in [1.82, 2.24) is 0 Å². The summed E-state index contributed by atoms with van der Waals surface area (Å²) in [5.41, 5.74) is 7.72. The van der Waals surface area contributed by atoms with Gasteiger partial charge in [-0.2, -0.15) is 0 Å². The van der Waals surface area contributed by atoms with E-state index in [-0.39, 0.29) is 11.5 Å². The molecule has 0 spiro atoms. The van der Waals surface area contributed by atoms with Crippen molar-refractivity contribution in [3.05, 3.63) is 22.7 Å². The summed E-state index contributed by atoms with van der Waals surface area (Å²) in [6, 6.07) is 3.64. The Balaban J connectivity index is 2.37. The van der Waals surface area contributed by atoms with E-state index in [9.17, 15) is 0 Å². The summed E-state index contributed by atoms with van der Waals surface area (Å²) in [7, 11) is 3.23. The first-order chi connectivity index (χ1) is 9.40. The molecular weight excluding hydrogens is 274 g/mol. The summed E-state index contributed by atoms with van der Waals surface area (Å²) in [5.74, 6) is 1.76. The summed E-state index contributed by atoms with van der Waals surface area (Å²) in [5, 5.41) is 0.651. The van der Waals surface area contributed by atoms with Crippen LogP contribution in [0.3, 0.4) is 0 Å². The highest BCUT2D eigenvalue weighted by Gasteiger charge is 2.39. The second-order valence-electron chi connectivity index (χ2n) is 6.24. The number of rotatable bonds is 4. The molecule has 112 valence electrons. The predicted molar refractivity (Wildman–Crippen MR) is 82.6 cm³/mol. The lowest BCUT2D eigenvalue weighted by atomic mass is 9.76. The highest BCUT2D eigenvalue weighted by Crippen LogP contribution is 2.49. The molecule has 1 aliphatic rings. The zero-order valence-electron chi connectivity index (χ0n) is 12.7. The van der Waals surface area contributed by atoms with Crippen molar-refractivity contribution in [3.8, 4) is 11.5 Å². The summed E-state index contributed by atoms with van der Waals surface area (Å²) >= 11 is 6.39. The molecule has 1 aliphatic carbocycles. The summed E-state index contributed by atoms with van der Waals surface area (Å²) in [6.07, 6.45) is 3.60. The Morgan fingerprint density at radius 2 is 1.85 bits per heavy atom. The first-order valence-corrected chi connectivity index (χ1v) is 7.45. The van der Waals surface area contributed by atoms with Crippen LogP contribution >= 0.6 is 11.6 Å². The minimum atomic E-state index is -0.0696. The highest BCUT2D eigenvalue weighted by atomic mass is 35.5. The largest absolute Gasteiger partial charge is 0.493 e. The second-order valence-corrected chi connectivity index (χ2v) is 6.65. The van der Waals surface area contributed by atoms with Gasteiger partial charge in [-0.05, 0) is 35.8 Å². The molecule has 20 heavy (non-hydrogen) atoms. The maximum atomic E-state index is 6.51. The quantitative estimate of drug-likeness (QED) is 0.906. The van der Waals surface area contributed by atoms with Crippen molar-refractivity contribution in [2.45, 2.75) is 39.2 Å². The van der Waals surface area contributed by atoms with E-state index >= 15 is 0 Å². The third kappa shape index (κ3) is 2.75. The standard InChI is InChI=1S/C16H24ClNO2/c1-16(2)7-5-6-11(16)15(18)10-8-13(19-3)14(20-4)9-12(10)17/h8-9,11,15H,5-7,18H2,1-4H3. The lowest BCUT2D eigenvalue weighted by Gasteiger charge is -2.32. The molecule has 0 aliphatic heterocycles. The van der Waals surface area contributed by atoms with E-state index in [2.05, 4.69) is 13.8 Å². The Labute approximate surface area is 126 Å². The smallest absolute Gasteiger partial charge is 0.162 e. The number of hydrogen-bond acceptors (Lipinski definition) is 3. The van der Waals surface area contributed by atoms with Gasteiger partial charge in [-0.3, -0.25) is 0 Å². The lowest BCUT2D eigenvalue weighted by Crippen LogP contribution is -2.29. The normalized spacial score (nSPS) is 22.6. The Bertz CT molecular complexity index is 488. The van der Waals surface area contributed by atoms with E-state index in [0.717, 1.165) is 12.0 Å². The molecule has 0 aromatic heterocycles. The SMILES string of the molecule is COc1cc(Cl)c(C(N)C2CCCC2(C)C)cc1OC.